The molecule has 0 aliphatic heterocycles. The molecule has 0 fully saturated rings. The zero-order valence-corrected chi connectivity index (χ0v) is 14.8. The summed E-state index contributed by atoms with van der Waals surface area (Å²) >= 11 is 3.25. The quantitative estimate of drug-likeness (QED) is 0.768. The SMILES string of the molecule is CC(C)(C)N(C(=O)O)c1cc(Br)c(Oc2ccc(F)cc2F)cn1. The molecular weight excluding hydrogens is 386 g/mol. The third-order valence-corrected chi connectivity index (χ3v) is 3.63. The fraction of sp³-hybridized carbons (Fsp3) is 0.250. The van der Waals surface area contributed by atoms with E-state index in [-0.39, 0.29) is 17.3 Å². The fourth-order valence-electron chi connectivity index (χ4n) is 2.01. The molecule has 1 aromatic heterocycles. The Morgan fingerprint density at radius 3 is 2.42 bits per heavy atom. The molecule has 24 heavy (non-hydrogen) atoms. The van der Waals surface area contributed by atoms with Crippen molar-refractivity contribution in [2.45, 2.75) is 26.3 Å². The van der Waals surface area contributed by atoms with Crippen LogP contribution < -0.4 is 9.64 Å². The third-order valence-electron chi connectivity index (χ3n) is 3.01. The summed E-state index contributed by atoms with van der Waals surface area (Å²) in [7, 11) is 0. The normalized spacial score (nSPS) is 11.2. The molecular formula is C16H15BrF2N2O3. The molecule has 5 nitrogen and oxygen atoms in total. The highest BCUT2D eigenvalue weighted by Gasteiger charge is 2.29. The van der Waals surface area contributed by atoms with Gasteiger partial charge in [0.15, 0.2) is 17.3 Å². The van der Waals surface area contributed by atoms with Crippen molar-refractivity contribution in [3.8, 4) is 11.5 Å². The van der Waals surface area contributed by atoms with Crippen molar-refractivity contribution < 1.29 is 23.4 Å². The van der Waals surface area contributed by atoms with Crippen molar-refractivity contribution in [1.82, 2.24) is 4.98 Å². The van der Waals surface area contributed by atoms with Crippen molar-refractivity contribution in [2.75, 3.05) is 4.90 Å². The summed E-state index contributed by atoms with van der Waals surface area (Å²) in [5.74, 6) is -1.38. The van der Waals surface area contributed by atoms with E-state index < -0.39 is 23.3 Å². The summed E-state index contributed by atoms with van der Waals surface area (Å²) in [6, 6.07) is 4.39. The largest absolute Gasteiger partial charge is 0.465 e. The molecule has 128 valence electrons. The predicted octanol–water partition coefficient (Wildman–Crippen LogP) is 5.20. The van der Waals surface area contributed by atoms with Gasteiger partial charge in [-0.05, 0) is 54.9 Å². The van der Waals surface area contributed by atoms with E-state index in [1.165, 1.54) is 12.3 Å². The van der Waals surface area contributed by atoms with Crippen LogP contribution in [0, 0.1) is 11.6 Å². The van der Waals surface area contributed by atoms with E-state index in [1.54, 1.807) is 20.8 Å². The Balaban J connectivity index is 2.34. The topological polar surface area (TPSA) is 62.7 Å². The predicted molar refractivity (Wildman–Crippen MR) is 88.6 cm³/mol. The van der Waals surface area contributed by atoms with Crippen molar-refractivity contribution in [2.24, 2.45) is 0 Å². The minimum Gasteiger partial charge on any atom is -0.465 e. The van der Waals surface area contributed by atoms with Crippen LogP contribution in [0.4, 0.5) is 19.4 Å². The summed E-state index contributed by atoms with van der Waals surface area (Å²) in [6.07, 6.45) is 0.115. The molecule has 0 saturated carbocycles. The Kier molecular flexibility index (Phi) is 5.08. The number of anilines is 1. The van der Waals surface area contributed by atoms with E-state index in [0.717, 1.165) is 17.0 Å². The van der Waals surface area contributed by atoms with Gasteiger partial charge in [0.05, 0.1) is 10.7 Å². The average Bonchev–Trinajstić information content (AvgIpc) is 2.42. The highest BCUT2D eigenvalue weighted by molar-refractivity contribution is 9.10. The molecule has 8 heteroatoms. The van der Waals surface area contributed by atoms with Gasteiger partial charge in [0.25, 0.3) is 0 Å². The highest BCUT2D eigenvalue weighted by Crippen LogP contribution is 2.34. The van der Waals surface area contributed by atoms with Crippen LogP contribution in [-0.2, 0) is 0 Å². The highest BCUT2D eigenvalue weighted by atomic mass is 79.9. The maximum absolute atomic E-state index is 13.7. The molecule has 1 amide bonds. The van der Waals surface area contributed by atoms with Crippen molar-refractivity contribution in [1.29, 1.82) is 0 Å². The van der Waals surface area contributed by atoms with Gasteiger partial charge in [-0.15, -0.1) is 0 Å². The zero-order valence-electron chi connectivity index (χ0n) is 13.2. The molecule has 0 aliphatic carbocycles. The summed E-state index contributed by atoms with van der Waals surface area (Å²) in [4.78, 5) is 16.6. The van der Waals surface area contributed by atoms with Crippen LogP contribution in [0.2, 0.25) is 0 Å². The minimum absolute atomic E-state index is 0.169. The first kappa shape index (κ1) is 18.1. The van der Waals surface area contributed by atoms with Gasteiger partial charge in [-0.25, -0.2) is 18.6 Å². The van der Waals surface area contributed by atoms with Crippen LogP contribution in [0.15, 0.2) is 34.9 Å². The van der Waals surface area contributed by atoms with Crippen LogP contribution in [0.25, 0.3) is 0 Å². The molecule has 0 atom stereocenters. The molecule has 1 aromatic carbocycles. The van der Waals surface area contributed by atoms with E-state index in [4.69, 9.17) is 4.74 Å². The number of rotatable bonds is 3. The first-order chi connectivity index (χ1) is 11.1. The molecule has 0 unspecified atom stereocenters. The van der Waals surface area contributed by atoms with Gasteiger partial charge < -0.3 is 9.84 Å². The number of ether oxygens (including phenoxy) is 1. The van der Waals surface area contributed by atoms with Crippen molar-refractivity contribution in [3.05, 3.63) is 46.6 Å². The van der Waals surface area contributed by atoms with Gasteiger partial charge in [0.1, 0.15) is 11.6 Å². The lowest BCUT2D eigenvalue weighted by Gasteiger charge is -2.32. The van der Waals surface area contributed by atoms with Gasteiger partial charge in [-0.2, -0.15) is 0 Å². The Labute approximate surface area is 146 Å². The number of benzene rings is 1. The number of amides is 1. The lowest BCUT2D eigenvalue weighted by Crippen LogP contribution is -2.45. The molecule has 2 rings (SSSR count). The maximum Gasteiger partial charge on any atom is 0.413 e. The van der Waals surface area contributed by atoms with Gasteiger partial charge in [0.2, 0.25) is 0 Å². The molecule has 0 bridgehead atoms. The number of hydrogen-bond donors (Lipinski definition) is 1. The molecule has 1 N–H and O–H groups in total. The van der Waals surface area contributed by atoms with E-state index in [1.807, 2.05) is 0 Å². The smallest absolute Gasteiger partial charge is 0.413 e. The number of nitrogens with zero attached hydrogens (tertiary/aromatic N) is 2. The van der Waals surface area contributed by atoms with Crippen molar-refractivity contribution >= 4 is 27.8 Å². The van der Waals surface area contributed by atoms with Crippen LogP contribution in [0.5, 0.6) is 11.5 Å². The van der Waals surface area contributed by atoms with E-state index >= 15 is 0 Å². The number of carbonyl (C=O) groups is 1. The molecule has 1 heterocycles. The summed E-state index contributed by atoms with van der Waals surface area (Å²) < 4.78 is 32.3. The van der Waals surface area contributed by atoms with Gasteiger partial charge >= 0.3 is 6.09 Å². The van der Waals surface area contributed by atoms with Crippen LogP contribution in [0.1, 0.15) is 20.8 Å². The Hall–Kier alpha value is -2.22. The van der Waals surface area contributed by atoms with E-state index in [0.29, 0.717) is 10.5 Å². The molecule has 0 aliphatic rings. The number of halogens is 3. The average molecular weight is 401 g/mol. The number of pyridine rings is 1. The second kappa shape index (κ2) is 6.72. The van der Waals surface area contributed by atoms with Gasteiger partial charge in [0, 0.05) is 11.6 Å². The van der Waals surface area contributed by atoms with E-state index in [9.17, 15) is 18.7 Å². The summed E-state index contributed by atoms with van der Waals surface area (Å²) in [5, 5.41) is 9.37. The molecule has 0 saturated heterocycles. The molecule has 0 spiro atoms. The van der Waals surface area contributed by atoms with Gasteiger partial charge in [-0.1, -0.05) is 0 Å². The van der Waals surface area contributed by atoms with E-state index in [2.05, 4.69) is 20.9 Å². The van der Waals surface area contributed by atoms with Crippen LogP contribution in [-0.4, -0.2) is 21.7 Å². The maximum atomic E-state index is 13.7. The van der Waals surface area contributed by atoms with Crippen LogP contribution >= 0.6 is 15.9 Å². The third kappa shape index (κ3) is 4.00. The Morgan fingerprint density at radius 1 is 1.25 bits per heavy atom. The monoisotopic (exact) mass is 400 g/mol. The standard InChI is InChI=1S/C16H15BrF2N2O3/c1-16(2,3)21(15(22)23)14-7-10(17)13(8-20-14)24-12-5-4-9(18)6-11(12)19/h4-8H,1-3H3,(H,22,23). The lowest BCUT2D eigenvalue weighted by molar-refractivity contribution is 0.195. The minimum atomic E-state index is -1.15. The molecule has 0 radical (unpaired) electrons. The Bertz CT molecular complexity index is 778. The van der Waals surface area contributed by atoms with Crippen LogP contribution in [0.3, 0.4) is 0 Å². The lowest BCUT2D eigenvalue weighted by atomic mass is 10.1. The summed E-state index contributed by atoms with van der Waals surface area (Å²) in [5.41, 5.74) is -0.705. The second-order valence-corrected chi connectivity index (χ2v) is 6.79. The second-order valence-electron chi connectivity index (χ2n) is 5.94. The number of hydrogen-bond acceptors (Lipinski definition) is 3. The zero-order chi connectivity index (χ0) is 18.1. The van der Waals surface area contributed by atoms with Crippen molar-refractivity contribution in [3.63, 3.8) is 0 Å². The molecule has 2 aromatic rings. The summed E-state index contributed by atoms with van der Waals surface area (Å²) in [6.45, 7) is 5.19. The number of aromatic nitrogens is 1. The number of carboxylic acid groups (broad SMARTS) is 1. The Morgan fingerprint density at radius 2 is 1.92 bits per heavy atom. The first-order valence-corrected chi connectivity index (χ1v) is 7.70. The fourth-order valence-corrected chi connectivity index (χ4v) is 2.40. The van der Waals surface area contributed by atoms with Gasteiger partial charge in [-0.3, -0.25) is 4.90 Å². The first-order valence-electron chi connectivity index (χ1n) is 6.91.